The van der Waals surface area contributed by atoms with Crippen LogP contribution in [0.1, 0.15) is 31.7 Å². The molecule has 1 atom stereocenters. The quantitative estimate of drug-likeness (QED) is 0.435. The van der Waals surface area contributed by atoms with Crippen molar-refractivity contribution >= 4 is 12.9 Å². The van der Waals surface area contributed by atoms with Crippen molar-refractivity contribution in [2.24, 2.45) is 9.98 Å². The van der Waals surface area contributed by atoms with Gasteiger partial charge < -0.3 is 24.8 Å². The Bertz CT molecular complexity index is 673. The average Bonchev–Trinajstić information content (AvgIpc) is 2.71. The number of rotatable bonds is 12. The molecule has 0 bridgehead atoms. The summed E-state index contributed by atoms with van der Waals surface area (Å²) in [6, 6.07) is 5.97. The Hall–Kier alpha value is -2.70. The van der Waals surface area contributed by atoms with Gasteiger partial charge in [-0.05, 0) is 43.7 Å². The van der Waals surface area contributed by atoms with Gasteiger partial charge in [-0.2, -0.15) is 0 Å². The topological polar surface area (TPSA) is 76.5 Å². The number of hydrogen-bond acceptors (Lipinski definition) is 7. The zero-order chi connectivity index (χ0) is 19.5. The molecule has 1 aliphatic rings. The zero-order valence-corrected chi connectivity index (χ0v) is 16.5. The molecule has 1 unspecified atom stereocenters. The van der Waals surface area contributed by atoms with E-state index in [4.69, 9.17) is 14.2 Å². The molecule has 7 nitrogen and oxygen atoms in total. The summed E-state index contributed by atoms with van der Waals surface area (Å²) in [6.07, 6.45) is 5.31. The van der Waals surface area contributed by atoms with E-state index < -0.39 is 0 Å². The lowest BCUT2D eigenvalue weighted by molar-refractivity contribution is 0.217. The van der Waals surface area contributed by atoms with Crippen molar-refractivity contribution in [1.29, 1.82) is 0 Å². The van der Waals surface area contributed by atoms with E-state index in [0.29, 0.717) is 12.4 Å². The van der Waals surface area contributed by atoms with Crippen LogP contribution in [0.4, 0.5) is 0 Å². The van der Waals surface area contributed by atoms with Gasteiger partial charge >= 0.3 is 0 Å². The average molecular weight is 374 g/mol. The molecule has 148 valence electrons. The van der Waals surface area contributed by atoms with Gasteiger partial charge in [0.05, 0.1) is 27.0 Å². The molecule has 0 saturated heterocycles. The van der Waals surface area contributed by atoms with Crippen molar-refractivity contribution in [3.05, 3.63) is 35.3 Å². The lowest BCUT2D eigenvalue weighted by atomic mass is 10.1. The normalized spacial score (nSPS) is 15.9. The first-order valence-corrected chi connectivity index (χ1v) is 9.29. The predicted molar refractivity (Wildman–Crippen MR) is 109 cm³/mol. The zero-order valence-electron chi connectivity index (χ0n) is 16.5. The Morgan fingerprint density at radius 2 is 2.04 bits per heavy atom. The van der Waals surface area contributed by atoms with Crippen LogP contribution in [0.25, 0.3) is 0 Å². The maximum atomic E-state index is 5.93. The second-order valence-electron chi connectivity index (χ2n) is 6.14. The molecule has 0 saturated carbocycles. The highest BCUT2D eigenvalue weighted by Gasteiger charge is 2.15. The molecule has 0 fully saturated rings. The summed E-state index contributed by atoms with van der Waals surface area (Å²) < 4.78 is 16.5. The molecule has 7 heteroatoms. The lowest BCUT2D eigenvalue weighted by Gasteiger charge is -2.23. The summed E-state index contributed by atoms with van der Waals surface area (Å²) in [6.45, 7) is 7.15. The Labute approximate surface area is 161 Å². The summed E-state index contributed by atoms with van der Waals surface area (Å²) in [5, 5.41) is 6.54. The van der Waals surface area contributed by atoms with Crippen molar-refractivity contribution in [3.8, 4) is 11.5 Å². The number of allylic oxidation sites excluding steroid dienone is 1. The summed E-state index contributed by atoms with van der Waals surface area (Å²) in [4.78, 5) is 8.18. The van der Waals surface area contributed by atoms with Crippen LogP contribution >= 0.6 is 0 Å². The third-order valence-electron chi connectivity index (χ3n) is 4.17. The Morgan fingerprint density at radius 1 is 1.22 bits per heavy atom. The summed E-state index contributed by atoms with van der Waals surface area (Å²) >= 11 is 0. The summed E-state index contributed by atoms with van der Waals surface area (Å²) in [5.41, 5.74) is 1.18. The minimum atomic E-state index is -0.367. The van der Waals surface area contributed by atoms with Gasteiger partial charge in [-0.15, -0.1) is 0 Å². The van der Waals surface area contributed by atoms with E-state index in [0.717, 1.165) is 49.5 Å². The van der Waals surface area contributed by atoms with Crippen molar-refractivity contribution < 1.29 is 14.2 Å². The van der Waals surface area contributed by atoms with Crippen molar-refractivity contribution in [1.82, 2.24) is 10.6 Å². The number of nitrogens with one attached hydrogen (secondary N) is 2. The van der Waals surface area contributed by atoms with Crippen LogP contribution in [0.3, 0.4) is 0 Å². The molecule has 0 radical (unpaired) electrons. The molecule has 1 aromatic carbocycles. The first-order valence-electron chi connectivity index (χ1n) is 9.29. The number of aliphatic imine (C=N–C) groups is 2. The highest BCUT2D eigenvalue weighted by atomic mass is 16.5. The monoisotopic (exact) mass is 374 g/mol. The van der Waals surface area contributed by atoms with Gasteiger partial charge in [0, 0.05) is 6.54 Å². The standard InChI is InChI=1S/C20H30N4O3/c1-5-6-11-22-19-18(14-23-20(21-2)24-19)27-12-7-8-15-9-10-16(25-3)17(13-15)26-4/h9-10,13-14,20,22,24H,2,5-8,11-12H2,1,3-4H3. The molecular weight excluding hydrogens is 344 g/mol. The summed E-state index contributed by atoms with van der Waals surface area (Å²) in [5.74, 6) is 3.01. The van der Waals surface area contributed by atoms with Crippen molar-refractivity contribution in [2.75, 3.05) is 27.4 Å². The van der Waals surface area contributed by atoms with E-state index in [9.17, 15) is 0 Å². The predicted octanol–water partition coefficient (Wildman–Crippen LogP) is 2.87. The van der Waals surface area contributed by atoms with E-state index in [1.54, 1.807) is 20.4 Å². The number of unbranched alkanes of at least 4 members (excludes halogenated alkanes) is 1. The first kappa shape index (κ1) is 20.6. The number of methoxy groups -OCH3 is 2. The molecule has 0 aliphatic carbocycles. The highest BCUT2D eigenvalue weighted by Crippen LogP contribution is 2.28. The van der Waals surface area contributed by atoms with Crippen LogP contribution in [-0.4, -0.2) is 46.6 Å². The Balaban J connectivity index is 1.88. The highest BCUT2D eigenvalue weighted by molar-refractivity contribution is 5.78. The van der Waals surface area contributed by atoms with Crippen LogP contribution in [0, 0.1) is 0 Å². The van der Waals surface area contributed by atoms with Crippen LogP contribution in [0.15, 0.2) is 39.8 Å². The van der Waals surface area contributed by atoms with Gasteiger partial charge in [0.15, 0.2) is 17.3 Å². The third-order valence-corrected chi connectivity index (χ3v) is 4.17. The van der Waals surface area contributed by atoms with Crippen LogP contribution in [-0.2, 0) is 11.2 Å². The molecule has 0 aromatic heterocycles. The second-order valence-corrected chi connectivity index (χ2v) is 6.14. The minimum absolute atomic E-state index is 0.367. The molecule has 1 heterocycles. The maximum absolute atomic E-state index is 5.93. The number of nitrogens with zero attached hydrogens (tertiary/aromatic N) is 2. The number of ether oxygens (including phenoxy) is 3. The number of aryl methyl sites for hydroxylation is 1. The van der Waals surface area contributed by atoms with E-state index in [-0.39, 0.29) is 6.29 Å². The van der Waals surface area contributed by atoms with Crippen molar-refractivity contribution in [2.45, 2.75) is 38.9 Å². The fourth-order valence-electron chi connectivity index (χ4n) is 2.67. The third kappa shape index (κ3) is 6.20. The van der Waals surface area contributed by atoms with Crippen LogP contribution in [0.2, 0.25) is 0 Å². The maximum Gasteiger partial charge on any atom is 0.214 e. The largest absolute Gasteiger partial charge is 0.493 e. The summed E-state index contributed by atoms with van der Waals surface area (Å²) in [7, 11) is 3.28. The fourth-order valence-corrected chi connectivity index (χ4v) is 2.67. The molecule has 1 aliphatic heterocycles. The molecule has 2 N–H and O–H groups in total. The SMILES string of the molecule is C=NC1N=CC(OCCCc2ccc(OC)c(OC)c2)=C(NCCCC)N1. The minimum Gasteiger partial charge on any atom is -0.493 e. The molecule has 1 aromatic rings. The van der Waals surface area contributed by atoms with Gasteiger partial charge in [-0.1, -0.05) is 19.4 Å². The van der Waals surface area contributed by atoms with Gasteiger partial charge in [-0.3, -0.25) is 4.99 Å². The van der Waals surface area contributed by atoms with E-state index in [2.05, 4.69) is 34.3 Å². The molecule has 0 amide bonds. The number of benzene rings is 1. The van der Waals surface area contributed by atoms with E-state index >= 15 is 0 Å². The molecule has 0 spiro atoms. The lowest BCUT2D eigenvalue weighted by Crippen LogP contribution is -2.38. The van der Waals surface area contributed by atoms with Gasteiger partial charge in [-0.25, -0.2) is 4.99 Å². The van der Waals surface area contributed by atoms with E-state index in [1.807, 2.05) is 18.2 Å². The first-order chi connectivity index (χ1) is 13.2. The molecule has 2 rings (SSSR count). The Kier molecular flexibility index (Phi) is 8.48. The fraction of sp³-hybridized carbons (Fsp3) is 0.500. The number of hydrogen-bond donors (Lipinski definition) is 2. The second kappa shape index (κ2) is 11.1. The van der Waals surface area contributed by atoms with E-state index in [1.165, 1.54) is 5.56 Å². The van der Waals surface area contributed by atoms with Gasteiger partial charge in [0.25, 0.3) is 0 Å². The molecule has 27 heavy (non-hydrogen) atoms. The molecular formula is C20H30N4O3. The van der Waals surface area contributed by atoms with Gasteiger partial charge in [0.2, 0.25) is 6.29 Å². The van der Waals surface area contributed by atoms with Crippen LogP contribution < -0.4 is 20.1 Å². The van der Waals surface area contributed by atoms with Crippen LogP contribution in [0.5, 0.6) is 11.5 Å². The Morgan fingerprint density at radius 3 is 2.74 bits per heavy atom. The van der Waals surface area contributed by atoms with Gasteiger partial charge in [0.1, 0.15) is 5.82 Å². The smallest absolute Gasteiger partial charge is 0.214 e. The van der Waals surface area contributed by atoms with Crippen molar-refractivity contribution in [3.63, 3.8) is 0 Å².